The van der Waals surface area contributed by atoms with E-state index in [0.717, 1.165) is 5.16 Å². The first-order valence-corrected chi connectivity index (χ1v) is 6.95. The molecule has 1 amide bonds. The minimum atomic E-state index is 0.109. The Labute approximate surface area is 111 Å². The number of ether oxygens (including phenoxy) is 1. The monoisotopic (exact) mass is 270 g/mol. The molecule has 0 bridgehead atoms. The summed E-state index contributed by atoms with van der Waals surface area (Å²) in [6, 6.07) is 0. The highest BCUT2D eigenvalue weighted by atomic mass is 32.2. The Kier molecular flexibility index (Phi) is 4.23. The lowest BCUT2D eigenvalue weighted by molar-refractivity contribution is -0.140. The van der Waals surface area contributed by atoms with Crippen LogP contribution in [0.15, 0.2) is 11.5 Å². The van der Waals surface area contributed by atoms with Gasteiger partial charge in [0, 0.05) is 20.1 Å². The fourth-order valence-corrected chi connectivity index (χ4v) is 2.79. The highest BCUT2D eigenvalue weighted by Gasteiger charge is 2.25. The van der Waals surface area contributed by atoms with Gasteiger partial charge in [-0.1, -0.05) is 11.8 Å². The summed E-state index contributed by atoms with van der Waals surface area (Å²) < 4.78 is 7.42. The van der Waals surface area contributed by atoms with Gasteiger partial charge in [0.2, 0.25) is 5.91 Å². The molecule has 100 valence electrons. The first-order valence-electron chi connectivity index (χ1n) is 5.96. The van der Waals surface area contributed by atoms with Crippen molar-refractivity contribution >= 4 is 17.7 Å². The van der Waals surface area contributed by atoms with E-state index in [-0.39, 0.29) is 18.1 Å². The van der Waals surface area contributed by atoms with Crippen LogP contribution in [0.1, 0.15) is 13.8 Å². The van der Waals surface area contributed by atoms with Crippen LogP contribution in [-0.2, 0) is 16.6 Å². The lowest BCUT2D eigenvalue weighted by Crippen LogP contribution is -2.48. The molecule has 1 aliphatic rings. The van der Waals surface area contributed by atoms with Crippen LogP contribution in [0.2, 0.25) is 0 Å². The van der Waals surface area contributed by atoms with Crippen molar-refractivity contribution in [2.75, 3.05) is 18.8 Å². The third kappa shape index (κ3) is 3.23. The van der Waals surface area contributed by atoms with Gasteiger partial charge >= 0.3 is 0 Å². The van der Waals surface area contributed by atoms with Crippen LogP contribution in [0.3, 0.4) is 0 Å². The van der Waals surface area contributed by atoms with E-state index < -0.39 is 0 Å². The van der Waals surface area contributed by atoms with Crippen LogP contribution in [0.5, 0.6) is 0 Å². The molecule has 18 heavy (non-hydrogen) atoms. The largest absolute Gasteiger partial charge is 0.372 e. The fourth-order valence-electron chi connectivity index (χ4n) is 2.00. The van der Waals surface area contributed by atoms with Crippen LogP contribution >= 0.6 is 11.8 Å². The zero-order valence-corrected chi connectivity index (χ0v) is 11.7. The van der Waals surface area contributed by atoms with Gasteiger partial charge in [0.05, 0.1) is 18.0 Å². The standard InChI is InChI=1S/C11H18N4O2S/c1-8-4-15(5-9(2)17-8)10(16)6-18-11-13-12-7-14(11)3/h7-9H,4-6H2,1-3H3/t8-,9-/m1/s1. The Hall–Kier alpha value is -1.08. The van der Waals surface area contributed by atoms with Gasteiger partial charge in [-0.15, -0.1) is 10.2 Å². The molecule has 0 radical (unpaired) electrons. The summed E-state index contributed by atoms with van der Waals surface area (Å²) >= 11 is 1.42. The average Bonchev–Trinajstić information content (AvgIpc) is 2.70. The minimum absolute atomic E-state index is 0.109. The summed E-state index contributed by atoms with van der Waals surface area (Å²) in [5, 5.41) is 8.49. The third-order valence-corrected chi connectivity index (χ3v) is 3.79. The molecule has 0 unspecified atom stereocenters. The van der Waals surface area contributed by atoms with E-state index in [9.17, 15) is 4.79 Å². The van der Waals surface area contributed by atoms with Gasteiger partial charge in [0.25, 0.3) is 0 Å². The summed E-state index contributed by atoms with van der Waals surface area (Å²) in [4.78, 5) is 14.0. The van der Waals surface area contributed by atoms with Gasteiger partial charge in [0.15, 0.2) is 5.16 Å². The molecule has 0 saturated carbocycles. The molecule has 2 atom stereocenters. The lowest BCUT2D eigenvalue weighted by atomic mass is 10.2. The highest BCUT2D eigenvalue weighted by Crippen LogP contribution is 2.16. The molecule has 2 rings (SSSR count). The number of aromatic nitrogens is 3. The van der Waals surface area contributed by atoms with Crippen molar-refractivity contribution in [2.24, 2.45) is 7.05 Å². The third-order valence-electron chi connectivity index (χ3n) is 2.77. The van der Waals surface area contributed by atoms with Gasteiger partial charge in [-0.3, -0.25) is 4.79 Å². The number of carbonyl (C=O) groups excluding carboxylic acids is 1. The van der Waals surface area contributed by atoms with Crippen LogP contribution in [0.25, 0.3) is 0 Å². The van der Waals surface area contributed by atoms with Crippen molar-refractivity contribution in [2.45, 2.75) is 31.2 Å². The number of aryl methyl sites for hydroxylation is 1. The summed E-state index contributed by atoms with van der Waals surface area (Å²) in [6.45, 7) is 5.32. The summed E-state index contributed by atoms with van der Waals surface area (Å²) in [7, 11) is 1.87. The van der Waals surface area contributed by atoms with Gasteiger partial charge in [-0.25, -0.2) is 0 Å². The van der Waals surface area contributed by atoms with Gasteiger partial charge in [-0.2, -0.15) is 0 Å². The van der Waals surface area contributed by atoms with Crippen molar-refractivity contribution in [1.29, 1.82) is 0 Å². The quantitative estimate of drug-likeness (QED) is 0.750. The van der Waals surface area contributed by atoms with Gasteiger partial charge < -0.3 is 14.2 Å². The van der Waals surface area contributed by atoms with E-state index in [2.05, 4.69) is 10.2 Å². The maximum Gasteiger partial charge on any atom is 0.233 e. The smallest absolute Gasteiger partial charge is 0.233 e. The number of thioether (sulfide) groups is 1. The lowest BCUT2D eigenvalue weighted by Gasteiger charge is -2.35. The molecule has 0 aliphatic carbocycles. The van der Waals surface area contributed by atoms with E-state index in [0.29, 0.717) is 18.8 Å². The first kappa shape index (κ1) is 13.4. The second kappa shape index (κ2) is 5.71. The Morgan fingerprint density at radius 2 is 2.17 bits per heavy atom. The molecule has 1 saturated heterocycles. The Morgan fingerprint density at radius 3 is 2.72 bits per heavy atom. The predicted octanol–water partition coefficient (Wildman–Crippen LogP) is 0.543. The van der Waals surface area contributed by atoms with Crippen molar-refractivity contribution < 1.29 is 9.53 Å². The van der Waals surface area contributed by atoms with E-state index in [1.807, 2.05) is 30.4 Å². The summed E-state index contributed by atoms with van der Waals surface area (Å²) in [5.41, 5.74) is 0. The van der Waals surface area contributed by atoms with Crippen molar-refractivity contribution in [3.8, 4) is 0 Å². The molecule has 7 heteroatoms. The van der Waals surface area contributed by atoms with Crippen LogP contribution < -0.4 is 0 Å². The Morgan fingerprint density at radius 1 is 1.50 bits per heavy atom. The number of nitrogens with zero attached hydrogens (tertiary/aromatic N) is 4. The topological polar surface area (TPSA) is 60.2 Å². The second-order valence-corrected chi connectivity index (χ2v) is 5.51. The maximum atomic E-state index is 12.1. The van der Waals surface area contributed by atoms with E-state index in [4.69, 9.17) is 4.74 Å². The zero-order valence-electron chi connectivity index (χ0n) is 10.9. The SMILES string of the molecule is C[C@@H]1CN(C(=O)CSc2nncn2C)C[C@@H](C)O1. The summed E-state index contributed by atoms with van der Waals surface area (Å²) in [6.07, 6.45) is 1.85. The number of morpholine rings is 1. The molecule has 0 aromatic carbocycles. The summed E-state index contributed by atoms with van der Waals surface area (Å²) in [5.74, 6) is 0.524. The molecule has 1 aromatic heterocycles. The molecule has 2 heterocycles. The van der Waals surface area contributed by atoms with E-state index in [1.54, 1.807) is 6.33 Å². The number of hydrogen-bond acceptors (Lipinski definition) is 5. The molecule has 1 fully saturated rings. The van der Waals surface area contributed by atoms with Crippen LogP contribution in [0, 0.1) is 0 Å². The number of carbonyl (C=O) groups is 1. The molecule has 0 spiro atoms. The van der Waals surface area contributed by atoms with Crippen LogP contribution in [-0.4, -0.2) is 56.6 Å². The zero-order chi connectivity index (χ0) is 13.1. The van der Waals surface area contributed by atoms with Crippen LogP contribution in [0.4, 0.5) is 0 Å². The Balaban J connectivity index is 1.86. The fraction of sp³-hybridized carbons (Fsp3) is 0.727. The minimum Gasteiger partial charge on any atom is -0.372 e. The van der Waals surface area contributed by atoms with Gasteiger partial charge in [-0.05, 0) is 13.8 Å². The molecule has 1 aromatic rings. The molecule has 6 nitrogen and oxygen atoms in total. The second-order valence-electron chi connectivity index (χ2n) is 4.57. The van der Waals surface area contributed by atoms with E-state index >= 15 is 0 Å². The normalized spacial score (nSPS) is 24.3. The molecule has 1 aliphatic heterocycles. The predicted molar refractivity (Wildman–Crippen MR) is 68.3 cm³/mol. The maximum absolute atomic E-state index is 12.1. The highest BCUT2D eigenvalue weighted by molar-refractivity contribution is 7.99. The number of rotatable bonds is 3. The van der Waals surface area contributed by atoms with Crippen molar-refractivity contribution in [3.63, 3.8) is 0 Å². The first-order chi connectivity index (χ1) is 8.56. The van der Waals surface area contributed by atoms with Gasteiger partial charge in [0.1, 0.15) is 6.33 Å². The van der Waals surface area contributed by atoms with E-state index in [1.165, 1.54) is 11.8 Å². The average molecular weight is 270 g/mol. The molecule has 0 N–H and O–H groups in total. The molecular formula is C11H18N4O2S. The van der Waals surface area contributed by atoms with Crippen molar-refractivity contribution in [1.82, 2.24) is 19.7 Å². The van der Waals surface area contributed by atoms with Crippen molar-refractivity contribution in [3.05, 3.63) is 6.33 Å². The number of hydrogen-bond donors (Lipinski definition) is 0. The Bertz CT molecular complexity index is 413. The number of amides is 1. The molecular weight excluding hydrogens is 252 g/mol.